The molecular formula is C43H25N3O2. The molecule has 0 unspecified atom stereocenters. The molecule has 0 fully saturated rings. The summed E-state index contributed by atoms with van der Waals surface area (Å²) in [7, 11) is 0. The van der Waals surface area contributed by atoms with Crippen LogP contribution < -0.4 is 0 Å². The van der Waals surface area contributed by atoms with Crippen molar-refractivity contribution in [2.75, 3.05) is 0 Å². The lowest BCUT2D eigenvalue weighted by atomic mass is 9.96. The van der Waals surface area contributed by atoms with Gasteiger partial charge >= 0.3 is 0 Å². The van der Waals surface area contributed by atoms with Crippen LogP contribution in [0.5, 0.6) is 0 Å². The second-order valence-electron chi connectivity index (χ2n) is 11.4. The van der Waals surface area contributed by atoms with Crippen molar-refractivity contribution in [1.82, 2.24) is 15.0 Å². The molecule has 0 atom stereocenters. The molecule has 0 radical (unpaired) electrons. The molecule has 0 N–H and O–H groups in total. The molecule has 10 rings (SSSR count). The molecular weight excluding hydrogens is 590 g/mol. The van der Waals surface area contributed by atoms with E-state index in [0.29, 0.717) is 44.2 Å². The van der Waals surface area contributed by atoms with Crippen molar-refractivity contribution in [3.05, 3.63) is 151 Å². The second kappa shape index (κ2) is 10.5. The Labute approximate surface area is 286 Å². The smallest absolute Gasteiger partial charge is 0.164 e. The molecule has 0 amide bonds. The summed E-state index contributed by atoms with van der Waals surface area (Å²) in [5, 5.41) is 4.39. The van der Waals surface area contributed by atoms with Gasteiger partial charge in [0.15, 0.2) is 17.5 Å². The van der Waals surface area contributed by atoms with Crippen LogP contribution in [-0.2, 0) is 0 Å². The van der Waals surface area contributed by atoms with Crippen LogP contribution >= 0.6 is 0 Å². The number of benzene rings is 7. The molecule has 10 aromatic rings. The van der Waals surface area contributed by atoms with Gasteiger partial charge in [0.2, 0.25) is 0 Å². The second-order valence-corrected chi connectivity index (χ2v) is 11.4. The average molecular weight is 624 g/mol. The third-order valence-electron chi connectivity index (χ3n) is 8.56. The fourth-order valence-electron chi connectivity index (χ4n) is 6.35. The van der Waals surface area contributed by atoms with Gasteiger partial charge in [-0.1, -0.05) is 121 Å². The van der Waals surface area contributed by atoms with Gasteiger partial charge in [-0.25, -0.2) is 15.0 Å². The van der Waals surface area contributed by atoms with E-state index in [9.17, 15) is 1.37 Å². The molecule has 0 bridgehead atoms. The lowest BCUT2D eigenvalue weighted by molar-refractivity contribution is 0.668. The maximum absolute atomic E-state index is 9.94. The molecule has 0 saturated carbocycles. The van der Waals surface area contributed by atoms with E-state index < -0.39 is 30.2 Å². The Morgan fingerprint density at radius 2 is 1.25 bits per heavy atom. The van der Waals surface area contributed by atoms with E-state index in [1.54, 1.807) is 12.1 Å². The van der Waals surface area contributed by atoms with Crippen molar-refractivity contribution < 1.29 is 19.8 Å². The van der Waals surface area contributed by atoms with Gasteiger partial charge < -0.3 is 8.83 Å². The van der Waals surface area contributed by atoms with Crippen molar-refractivity contribution in [1.29, 1.82) is 0 Å². The minimum atomic E-state index is -0.558. The zero-order valence-electron chi connectivity index (χ0n) is 33.0. The van der Waals surface area contributed by atoms with Crippen molar-refractivity contribution in [3.8, 4) is 45.3 Å². The summed E-state index contributed by atoms with van der Waals surface area (Å²) in [5.74, 6) is -0.0964. The Bertz CT molecular complexity index is 3290. The molecule has 5 nitrogen and oxygen atoms in total. The number of furan rings is 2. The molecule has 3 heterocycles. The Kier molecular flexibility index (Phi) is 4.32. The van der Waals surface area contributed by atoms with E-state index >= 15 is 0 Å². The average Bonchev–Trinajstić information content (AvgIpc) is 3.77. The third-order valence-corrected chi connectivity index (χ3v) is 8.56. The van der Waals surface area contributed by atoms with E-state index in [4.69, 9.17) is 33.4 Å². The van der Waals surface area contributed by atoms with Gasteiger partial charge in [0, 0.05) is 43.8 Å². The van der Waals surface area contributed by atoms with E-state index in [2.05, 4.69) is 0 Å². The summed E-state index contributed by atoms with van der Waals surface area (Å²) in [6.07, 6.45) is 0. The SMILES string of the molecule is [2H]c1cc([2H])c2oc3cc(-c4cccc5c4oc4ccccc45)c([2H])c(-c4nc(-c5ccc6ccccc6c5)nc(-c5c([2H])c([2H])c([2H])c([2H])c5[2H])n4)c3c2c1. The molecule has 3 aromatic heterocycles. The number of hydrogen-bond donors (Lipinski definition) is 0. The third kappa shape index (κ3) is 4.22. The normalized spacial score (nSPS) is 14.1. The summed E-state index contributed by atoms with van der Waals surface area (Å²) in [6.45, 7) is 0. The van der Waals surface area contributed by atoms with Gasteiger partial charge in [-0.05, 0) is 46.6 Å². The molecule has 0 saturated heterocycles. The number of nitrogens with zero attached hydrogens (tertiary/aromatic N) is 3. The van der Waals surface area contributed by atoms with E-state index in [-0.39, 0.29) is 52.3 Å². The zero-order chi connectivity index (χ0) is 38.6. The van der Waals surface area contributed by atoms with Crippen LogP contribution in [0.15, 0.2) is 160 Å². The zero-order valence-corrected chi connectivity index (χ0v) is 25.0. The molecule has 0 spiro atoms. The molecule has 5 heteroatoms. The molecule has 224 valence electrons. The molecule has 0 aliphatic rings. The van der Waals surface area contributed by atoms with Crippen molar-refractivity contribution in [2.24, 2.45) is 0 Å². The Balaban J connectivity index is 1.35. The van der Waals surface area contributed by atoms with Crippen LogP contribution in [-0.4, -0.2) is 15.0 Å². The first-order valence-electron chi connectivity index (χ1n) is 19.3. The summed E-state index contributed by atoms with van der Waals surface area (Å²) in [5.41, 5.74) is 3.22. The number of rotatable bonds is 4. The Hall–Kier alpha value is -6.59. The number of hydrogen-bond acceptors (Lipinski definition) is 5. The monoisotopic (exact) mass is 623 g/mol. The van der Waals surface area contributed by atoms with Crippen LogP contribution in [0.1, 0.15) is 11.0 Å². The lowest BCUT2D eigenvalue weighted by Crippen LogP contribution is -2.00. The molecule has 0 aliphatic carbocycles. The summed E-state index contributed by atoms with van der Waals surface area (Å²) in [4.78, 5) is 14.5. The first kappa shape index (κ1) is 19.8. The minimum absolute atomic E-state index is 0.0190. The number of aromatic nitrogens is 3. The molecule has 48 heavy (non-hydrogen) atoms. The number of para-hydroxylation sites is 3. The van der Waals surface area contributed by atoms with Crippen molar-refractivity contribution in [2.45, 2.75) is 0 Å². The first-order valence-corrected chi connectivity index (χ1v) is 15.3. The maximum Gasteiger partial charge on any atom is 0.164 e. The maximum atomic E-state index is 9.94. The van der Waals surface area contributed by atoms with Gasteiger partial charge in [-0.2, -0.15) is 0 Å². The van der Waals surface area contributed by atoms with Crippen molar-refractivity contribution in [3.63, 3.8) is 0 Å². The van der Waals surface area contributed by atoms with Crippen LogP contribution in [0.2, 0.25) is 0 Å². The van der Waals surface area contributed by atoms with Crippen LogP contribution in [0, 0.1) is 0 Å². The quantitative estimate of drug-likeness (QED) is 0.195. The highest BCUT2D eigenvalue weighted by atomic mass is 16.3. The Morgan fingerprint density at radius 3 is 2.17 bits per heavy atom. The van der Waals surface area contributed by atoms with Crippen LogP contribution in [0.4, 0.5) is 0 Å². The van der Waals surface area contributed by atoms with Gasteiger partial charge in [0.25, 0.3) is 0 Å². The Morgan fingerprint density at radius 1 is 0.458 bits per heavy atom. The van der Waals surface area contributed by atoms with E-state index in [1.807, 2.05) is 84.9 Å². The predicted molar refractivity (Wildman–Crippen MR) is 194 cm³/mol. The molecule has 7 aromatic carbocycles. The highest BCUT2D eigenvalue weighted by molar-refractivity contribution is 6.15. The lowest BCUT2D eigenvalue weighted by Gasteiger charge is -2.11. The largest absolute Gasteiger partial charge is 0.456 e. The summed E-state index contributed by atoms with van der Waals surface area (Å²) in [6, 6.07) is 28.7. The van der Waals surface area contributed by atoms with Gasteiger partial charge in [-0.15, -0.1) is 0 Å². The van der Waals surface area contributed by atoms with E-state index in [0.717, 1.165) is 21.5 Å². The van der Waals surface area contributed by atoms with Gasteiger partial charge in [0.1, 0.15) is 22.3 Å². The highest BCUT2D eigenvalue weighted by Gasteiger charge is 2.21. The van der Waals surface area contributed by atoms with Crippen LogP contribution in [0.3, 0.4) is 0 Å². The molecule has 0 aliphatic heterocycles. The van der Waals surface area contributed by atoms with Gasteiger partial charge in [-0.3, -0.25) is 0 Å². The summed E-state index contributed by atoms with van der Waals surface area (Å²) < 4.78 is 82.6. The first-order chi connectivity index (χ1) is 27.1. The number of fused-ring (bicyclic) bond motifs is 7. The van der Waals surface area contributed by atoms with Crippen molar-refractivity contribution >= 4 is 54.6 Å². The van der Waals surface area contributed by atoms with Gasteiger partial charge in [0.05, 0.1) is 11.0 Å². The summed E-state index contributed by atoms with van der Waals surface area (Å²) >= 11 is 0. The topological polar surface area (TPSA) is 65.0 Å². The fraction of sp³-hybridized carbons (Fsp3) is 0. The van der Waals surface area contributed by atoms with Crippen LogP contribution in [0.25, 0.3) is 99.9 Å². The minimum Gasteiger partial charge on any atom is -0.456 e. The van der Waals surface area contributed by atoms with E-state index in [1.165, 1.54) is 6.07 Å². The predicted octanol–water partition coefficient (Wildman–Crippen LogP) is 11.5. The highest BCUT2D eigenvalue weighted by Crippen LogP contribution is 2.42. The fourth-order valence-corrected chi connectivity index (χ4v) is 6.35. The standard InChI is InChI=1S/C43H25N3O2/c1-2-12-27(13-3-1)41-44-42(29-22-21-26-11-4-5-14-28(26)23-29)46-43(45-41)35-24-30(25-38-39(35)34-16-7-9-20-37(34)47-38)31-17-10-18-33-32-15-6-8-19-36(32)48-40(31)33/h1-25H/i1D,2D,3D,7D,12D,13D,20D,24D.